The Morgan fingerprint density at radius 3 is 2.79 bits per heavy atom. The van der Waals surface area contributed by atoms with E-state index in [1.54, 1.807) is 16.8 Å². The highest BCUT2D eigenvalue weighted by molar-refractivity contribution is 7.08. The Morgan fingerprint density at radius 1 is 1.43 bits per heavy atom. The van der Waals surface area contributed by atoms with E-state index in [-0.39, 0.29) is 0 Å². The second-order valence-corrected chi connectivity index (χ2v) is 3.66. The number of hydrogen-bond acceptors (Lipinski definition) is 3. The topological polar surface area (TPSA) is 50.4 Å². The molecular weight excluding hydrogens is 200 g/mol. The Bertz CT molecular complexity index is 467. The lowest BCUT2D eigenvalue weighted by Gasteiger charge is -1.94. The zero-order valence-corrected chi connectivity index (χ0v) is 8.30. The summed E-state index contributed by atoms with van der Waals surface area (Å²) in [6, 6.07) is 3.60. The van der Waals surface area contributed by atoms with Gasteiger partial charge in [0.1, 0.15) is 11.5 Å². The minimum Gasteiger partial charge on any atom is -0.478 e. The van der Waals surface area contributed by atoms with E-state index < -0.39 is 5.97 Å². The van der Waals surface area contributed by atoms with E-state index in [0.29, 0.717) is 16.9 Å². The maximum atomic E-state index is 10.8. The van der Waals surface area contributed by atoms with Gasteiger partial charge in [0.05, 0.1) is 5.56 Å². The number of carboxylic acid groups (broad SMARTS) is 1. The summed E-state index contributed by atoms with van der Waals surface area (Å²) in [4.78, 5) is 10.8. The molecule has 0 aromatic carbocycles. The number of carbonyl (C=O) groups is 1. The van der Waals surface area contributed by atoms with Crippen LogP contribution in [0.3, 0.4) is 0 Å². The second-order valence-electron chi connectivity index (χ2n) is 2.91. The summed E-state index contributed by atoms with van der Waals surface area (Å²) < 4.78 is 5.36. The monoisotopic (exact) mass is 208 g/mol. The molecule has 0 aliphatic carbocycles. The first-order valence-corrected chi connectivity index (χ1v) is 4.99. The summed E-state index contributed by atoms with van der Waals surface area (Å²) in [6.07, 6.45) is 0. The van der Waals surface area contributed by atoms with Crippen LogP contribution in [0.2, 0.25) is 0 Å². The van der Waals surface area contributed by atoms with E-state index in [1.807, 2.05) is 13.0 Å². The fraction of sp³-hybridized carbons (Fsp3) is 0.100. The molecule has 2 aromatic heterocycles. The molecule has 0 aliphatic rings. The minimum absolute atomic E-state index is 0.296. The maximum Gasteiger partial charge on any atom is 0.337 e. The number of thiophene rings is 1. The van der Waals surface area contributed by atoms with Crippen LogP contribution < -0.4 is 0 Å². The van der Waals surface area contributed by atoms with Gasteiger partial charge in [0.15, 0.2) is 0 Å². The Kier molecular flexibility index (Phi) is 2.13. The summed E-state index contributed by atoms with van der Waals surface area (Å²) in [5.74, 6) is 0.471. The summed E-state index contributed by atoms with van der Waals surface area (Å²) >= 11 is 1.36. The van der Waals surface area contributed by atoms with Crippen molar-refractivity contribution in [2.75, 3.05) is 0 Å². The molecule has 0 saturated heterocycles. The first kappa shape index (κ1) is 9.02. The van der Waals surface area contributed by atoms with Crippen LogP contribution in [-0.2, 0) is 0 Å². The van der Waals surface area contributed by atoms with E-state index >= 15 is 0 Å². The molecule has 2 heterocycles. The van der Waals surface area contributed by atoms with Gasteiger partial charge in [-0.05, 0) is 19.1 Å². The van der Waals surface area contributed by atoms with Crippen molar-refractivity contribution in [1.29, 1.82) is 0 Å². The summed E-state index contributed by atoms with van der Waals surface area (Å²) in [5.41, 5.74) is 0.944. The van der Waals surface area contributed by atoms with Crippen LogP contribution in [0.4, 0.5) is 0 Å². The predicted molar refractivity (Wildman–Crippen MR) is 53.7 cm³/mol. The van der Waals surface area contributed by atoms with E-state index in [1.165, 1.54) is 11.3 Å². The molecule has 0 amide bonds. The van der Waals surface area contributed by atoms with Gasteiger partial charge in [-0.3, -0.25) is 0 Å². The third kappa shape index (κ3) is 1.44. The van der Waals surface area contributed by atoms with E-state index in [0.717, 1.165) is 5.76 Å². The normalized spacial score (nSPS) is 10.4. The summed E-state index contributed by atoms with van der Waals surface area (Å²) in [5, 5.41) is 12.3. The van der Waals surface area contributed by atoms with Gasteiger partial charge in [0.25, 0.3) is 0 Å². The Balaban J connectivity index is 2.51. The SMILES string of the molecule is Cc1ccc(-c2cscc2C(=O)O)o1. The van der Waals surface area contributed by atoms with Crippen LogP contribution >= 0.6 is 11.3 Å². The fourth-order valence-electron chi connectivity index (χ4n) is 1.23. The first-order valence-electron chi connectivity index (χ1n) is 4.05. The second kappa shape index (κ2) is 3.31. The standard InChI is InChI=1S/C10H8O3S/c1-6-2-3-9(13-6)7-4-14-5-8(7)10(11)12/h2-5H,1H3,(H,11,12). The molecule has 0 atom stereocenters. The molecule has 0 fully saturated rings. The van der Waals surface area contributed by atoms with Crippen molar-refractivity contribution in [3.63, 3.8) is 0 Å². The Hall–Kier alpha value is -1.55. The van der Waals surface area contributed by atoms with Crippen molar-refractivity contribution in [2.24, 2.45) is 0 Å². The average Bonchev–Trinajstić information content (AvgIpc) is 2.70. The van der Waals surface area contributed by atoms with Crippen molar-refractivity contribution in [1.82, 2.24) is 0 Å². The van der Waals surface area contributed by atoms with Crippen LogP contribution in [-0.4, -0.2) is 11.1 Å². The Labute approximate surface area is 84.6 Å². The van der Waals surface area contributed by atoms with Gasteiger partial charge in [-0.2, -0.15) is 11.3 Å². The van der Waals surface area contributed by atoms with Crippen molar-refractivity contribution in [3.8, 4) is 11.3 Å². The van der Waals surface area contributed by atoms with Crippen LogP contribution in [0.25, 0.3) is 11.3 Å². The number of carboxylic acids is 1. The van der Waals surface area contributed by atoms with Crippen LogP contribution in [0.1, 0.15) is 16.1 Å². The van der Waals surface area contributed by atoms with Gasteiger partial charge >= 0.3 is 5.97 Å². The van der Waals surface area contributed by atoms with Gasteiger partial charge in [-0.25, -0.2) is 4.79 Å². The van der Waals surface area contributed by atoms with Crippen molar-refractivity contribution >= 4 is 17.3 Å². The molecule has 0 spiro atoms. The lowest BCUT2D eigenvalue weighted by molar-refractivity contribution is 0.0698. The molecule has 0 bridgehead atoms. The number of furan rings is 1. The first-order chi connectivity index (χ1) is 6.68. The fourth-order valence-corrected chi connectivity index (χ4v) is 2.04. The molecule has 0 radical (unpaired) electrons. The minimum atomic E-state index is -0.921. The number of hydrogen-bond donors (Lipinski definition) is 1. The molecular formula is C10H8O3S. The quantitative estimate of drug-likeness (QED) is 0.825. The number of aryl methyl sites for hydroxylation is 1. The van der Waals surface area contributed by atoms with Crippen molar-refractivity contribution in [3.05, 3.63) is 34.2 Å². The maximum absolute atomic E-state index is 10.8. The highest BCUT2D eigenvalue weighted by Gasteiger charge is 2.14. The zero-order chi connectivity index (χ0) is 10.1. The molecule has 0 saturated carbocycles. The summed E-state index contributed by atoms with van der Waals surface area (Å²) in [6.45, 7) is 1.83. The molecule has 2 rings (SSSR count). The van der Waals surface area contributed by atoms with Gasteiger partial charge in [0, 0.05) is 16.3 Å². The predicted octanol–water partition coefficient (Wildman–Crippen LogP) is 3.01. The van der Waals surface area contributed by atoms with Crippen LogP contribution in [0.5, 0.6) is 0 Å². The van der Waals surface area contributed by atoms with Gasteiger partial charge in [0.2, 0.25) is 0 Å². The largest absolute Gasteiger partial charge is 0.478 e. The van der Waals surface area contributed by atoms with Gasteiger partial charge in [-0.15, -0.1) is 0 Å². The smallest absolute Gasteiger partial charge is 0.337 e. The number of rotatable bonds is 2. The third-order valence-corrected chi connectivity index (χ3v) is 2.64. The van der Waals surface area contributed by atoms with Crippen molar-refractivity contribution < 1.29 is 14.3 Å². The Morgan fingerprint density at radius 2 is 2.21 bits per heavy atom. The zero-order valence-electron chi connectivity index (χ0n) is 7.48. The molecule has 0 unspecified atom stereocenters. The molecule has 14 heavy (non-hydrogen) atoms. The number of aromatic carboxylic acids is 1. The lowest BCUT2D eigenvalue weighted by atomic mass is 10.1. The van der Waals surface area contributed by atoms with Gasteiger partial charge < -0.3 is 9.52 Å². The van der Waals surface area contributed by atoms with E-state index in [4.69, 9.17) is 9.52 Å². The third-order valence-electron chi connectivity index (χ3n) is 1.90. The molecule has 72 valence electrons. The van der Waals surface area contributed by atoms with Gasteiger partial charge in [-0.1, -0.05) is 0 Å². The van der Waals surface area contributed by atoms with E-state index in [2.05, 4.69) is 0 Å². The summed E-state index contributed by atoms with van der Waals surface area (Å²) in [7, 11) is 0. The highest BCUT2D eigenvalue weighted by Crippen LogP contribution is 2.28. The van der Waals surface area contributed by atoms with Crippen molar-refractivity contribution in [2.45, 2.75) is 6.92 Å². The molecule has 3 nitrogen and oxygen atoms in total. The lowest BCUT2D eigenvalue weighted by Crippen LogP contribution is -1.94. The average molecular weight is 208 g/mol. The molecule has 0 aliphatic heterocycles. The van der Waals surface area contributed by atoms with E-state index in [9.17, 15) is 4.79 Å². The molecule has 4 heteroatoms. The van der Waals surface area contributed by atoms with Crippen LogP contribution in [0.15, 0.2) is 27.3 Å². The molecule has 1 N–H and O–H groups in total. The highest BCUT2D eigenvalue weighted by atomic mass is 32.1. The molecule has 2 aromatic rings. The van der Waals surface area contributed by atoms with Crippen LogP contribution in [0, 0.1) is 6.92 Å².